The second kappa shape index (κ2) is 4.71. The van der Waals surface area contributed by atoms with Crippen LogP contribution in [-0.4, -0.2) is 5.71 Å². The van der Waals surface area contributed by atoms with Crippen LogP contribution in [0.25, 0.3) is 5.57 Å². The Morgan fingerprint density at radius 2 is 1.57 bits per heavy atom. The van der Waals surface area contributed by atoms with Gasteiger partial charge in [0.2, 0.25) is 0 Å². The molecule has 0 spiro atoms. The summed E-state index contributed by atoms with van der Waals surface area (Å²) in [5.74, 6) is 0. The van der Waals surface area contributed by atoms with Gasteiger partial charge in [-0.25, -0.2) is 0 Å². The van der Waals surface area contributed by atoms with Gasteiger partial charge in [-0.3, -0.25) is 5.41 Å². The van der Waals surface area contributed by atoms with E-state index in [0.717, 1.165) is 12.1 Å². The number of benzene rings is 2. The zero-order valence-corrected chi connectivity index (χ0v) is 11.7. The molecule has 2 N–H and O–H groups in total. The highest BCUT2D eigenvalue weighted by Gasteiger charge is 2.24. The fourth-order valence-corrected chi connectivity index (χ4v) is 3.19. The van der Waals surface area contributed by atoms with Crippen molar-refractivity contribution in [1.29, 1.82) is 0 Å². The number of hydrogen-bond donors (Lipinski definition) is 1. The first-order valence-electron chi connectivity index (χ1n) is 7.22. The zero-order chi connectivity index (χ0) is 14.2. The van der Waals surface area contributed by atoms with Crippen LogP contribution in [0.15, 0.2) is 84.0 Å². The largest absolute Gasteiger partial charge is 0.254 e. The normalized spacial score (nSPS) is 16.4. The van der Waals surface area contributed by atoms with Crippen molar-refractivity contribution in [2.24, 2.45) is 0 Å². The maximum Gasteiger partial charge on any atom is 0.196 e. The Hall–Kier alpha value is -2.67. The zero-order valence-electron chi connectivity index (χ0n) is 11.7. The minimum Gasteiger partial charge on any atom is -0.254 e. The molecule has 0 aromatic heterocycles. The molecule has 2 aromatic rings. The summed E-state index contributed by atoms with van der Waals surface area (Å²) >= 11 is 0. The van der Waals surface area contributed by atoms with Crippen LogP contribution in [0.4, 0.5) is 0 Å². The minimum atomic E-state index is 0.834. The summed E-state index contributed by atoms with van der Waals surface area (Å²) in [5.41, 5.74) is 8.72. The summed E-state index contributed by atoms with van der Waals surface area (Å²) in [4.78, 5) is 0. The van der Waals surface area contributed by atoms with Crippen LogP contribution in [0.1, 0.15) is 16.7 Å². The lowest BCUT2D eigenvalue weighted by Crippen LogP contribution is -2.38. The highest BCUT2D eigenvalue weighted by molar-refractivity contribution is 6.05. The van der Waals surface area contributed by atoms with Gasteiger partial charge in [-0.05, 0) is 45.9 Å². The molecule has 1 nitrogen and oxygen atoms in total. The smallest absolute Gasteiger partial charge is 0.196 e. The lowest BCUT2D eigenvalue weighted by Gasteiger charge is -2.26. The molecule has 100 valence electrons. The standard InChI is InChI=1S/C20H15N/c21-17-10-11-19-16(13-17)12-15-8-4-5-9-18(15)20(19)14-6-2-1-3-7-14/h1-11,13,21H,12H2/p+1. The van der Waals surface area contributed by atoms with E-state index in [2.05, 4.69) is 66.7 Å². The predicted molar refractivity (Wildman–Crippen MR) is 86.8 cm³/mol. The molecule has 0 aliphatic heterocycles. The molecule has 2 aromatic carbocycles. The molecule has 0 saturated carbocycles. The first-order valence-corrected chi connectivity index (χ1v) is 7.22. The molecule has 0 saturated heterocycles. The van der Waals surface area contributed by atoms with E-state index in [-0.39, 0.29) is 0 Å². The van der Waals surface area contributed by atoms with Crippen molar-refractivity contribution in [2.45, 2.75) is 6.42 Å². The third-order valence-corrected chi connectivity index (χ3v) is 4.13. The van der Waals surface area contributed by atoms with Gasteiger partial charge in [-0.15, -0.1) is 0 Å². The van der Waals surface area contributed by atoms with Gasteiger partial charge in [0.25, 0.3) is 0 Å². The van der Waals surface area contributed by atoms with Crippen LogP contribution in [-0.2, 0) is 6.42 Å². The fourth-order valence-electron chi connectivity index (χ4n) is 3.19. The average Bonchev–Trinajstić information content (AvgIpc) is 2.53. The predicted octanol–water partition coefficient (Wildman–Crippen LogP) is 2.74. The van der Waals surface area contributed by atoms with E-state index in [1.54, 1.807) is 0 Å². The second-order valence-electron chi connectivity index (χ2n) is 5.49. The summed E-state index contributed by atoms with van der Waals surface area (Å²) in [6.45, 7) is 0. The number of allylic oxidation sites excluding steroid dienone is 5. The lowest BCUT2D eigenvalue weighted by atomic mass is 9.77. The van der Waals surface area contributed by atoms with Crippen molar-refractivity contribution in [2.75, 3.05) is 0 Å². The highest BCUT2D eigenvalue weighted by atomic mass is 14.4. The van der Waals surface area contributed by atoms with E-state index in [0.29, 0.717) is 0 Å². The van der Waals surface area contributed by atoms with Gasteiger partial charge in [-0.1, -0.05) is 54.6 Å². The monoisotopic (exact) mass is 270 g/mol. The van der Waals surface area contributed by atoms with Crippen LogP contribution >= 0.6 is 0 Å². The third kappa shape index (κ3) is 1.98. The van der Waals surface area contributed by atoms with E-state index in [9.17, 15) is 0 Å². The molecule has 0 fully saturated rings. The van der Waals surface area contributed by atoms with Crippen LogP contribution in [0, 0.1) is 0 Å². The van der Waals surface area contributed by atoms with Crippen LogP contribution in [0.2, 0.25) is 0 Å². The van der Waals surface area contributed by atoms with Crippen LogP contribution in [0.5, 0.6) is 0 Å². The Kier molecular flexibility index (Phi) is 2.71. The van der Waals surface area contributed by atoms with Crippen molar-refractivity contribution in [3.63, 3.8) is 0 Å². The summed E-state index contributed by atoms with van der Waals surface area (Å²) in [6, 6.07) is 19.3. The molecule has 0 radical (unpaired) electrons. The topological polar surface area (TPSA) is 25.6 Å². The van der Waals surface area contributed by atoms with Crippen molar-refractivity contribution in [1.82, 2.24) is 0 Å². The van der Waals surface area contributed by atoms with E-state index >= 15 is 0 Å². The van der Waals surface area contributed by atoms with Crippen LogP contribution in [0.3, 0.4) is 0 Å². The number of nitrogens with two attached hydrogens (primary N) is 1. The third-order valence-electron chi connectivity index (χ3n) is 4.13. The number of hydrogen-bond acceptors (Lipinski definition) is 0. The molecule has 0 atom stereocenters. The lowest BCUT2D eigenvalue weighted by molar-refractivity contribution is -0.110. The molecule has 0 bridgehead atoms. The summed E-state index contributed by atoms with van der Waals surface area (Å²) in [7, 11) is 0. The van der Waals surface area contributed by atoms with Gasteiger partial charge in [0.1, 0.15) is 0 Å². The van der Waals surface area contributed by atoms with Gasteiger partial charge in [0.15, 0.2) is 5.71 Å². The molecular weight excluding hydrogens is 254 g/mol. The second-order valence-corrected chi connectivity index (χ2v) is 5.49. The van der Waals surface area contributed by atoms with Gasteiger partial charge in [-0.2, -0.15) is 0 Å². The molecule has 2 aliphatic carbocycles. The molecule has 1 heteroatoms. The van der Waals surface area contributed by atoms with Gasteiger partial charge >= 0.3 is 0 Å². The summed E-state index contributed by atoms with van der Waals surface area (Å²) in [5, 5.41) is 5.98. The Morgan fingerprint density at radius 1 is 0.810 bits per heavy atom. The average molecular weight is 270 g/mol. The Bertz CT molecular complexity index is 820. The van der Waals surface area contributed by atoms with E-state index in [1.807, 2.05) is 6.08 Å². The molecule has 0 unspecified atom stereocenters. The van der Waals surface area contributed by atoms with Crippen molar-refractivity contribution in [3.05, 3.63) is 101 Å². The molecule has 0 amide bonds. The quantitative estimate of drug-likeness (QED) is 0.824. The number of rotatable bonds is 1. The van der Waals surface area contributed by atoms with Gasteiger partial charge < -0.3 is 0 Å². The first kappa shape index (κ1) is 12.1. The van der Waals surface area contributed by atoms with Gasteiger partial charge in [0, 0.05) is 12.2 Å². The fraction of sp³-hybridized carbons (Fsp3) is 0.0500. The molecule has 21 heavy (non-hydrogen) atoms. The summed E-state index contributed by atoms with van der Waals surface area (Å²) < 4.78 is 0. The number of fused-ring (bicyclic) bond motifs is 2. The highest BCUT2D eigenvalue weighted by Crippen LogP contribution is 2.40. The maximum atomic E-state index is 5.98. The minimum absolute atomic E-state index is 0.834. The molecule has 2 aliphatic rings. The van der Waals surface area contributed by atoms with E-state index in [1.165, 1.54) is 33.4 Å². The SMILES string of the molecule is [NH2+]=C1C=CC2=C(c3ccccc3)c3ccccc3CC2=C1. The van der Waals surface area contributed by atoms with Gasteiger partial charge in [0.05, 0.1) is 0 Å². The Balaban J connectivity index is 2.04. The molecular formula is C20H16N+. The van der Waals surface area contributed by atoms with Crippen LogP contribution < -0.4 is 5.41 Å². The van der Waals surface area contributed by atoms with Crippen molar-refractivity contribution in [3.8, 4) is 0 Å². The molecule has 0 heterocycles. The molecule has 4 rings (SSSR count). The van der Waals surface area contributed by atoms with Crippen molar-refractivity contribution >= 4 is 11.3 Å². The maximum absolute atomic E-state index is 5.98. The Morgan fingerprint density at radius 3 is 2.43 bits per heavy atom. The van der Waals surface area contributed by atoms with E-state index in [4.69, 9.17) is 5.41 Å². The van der Waals surface area contributed by atoms with E-state index < -0.39 is 0 Å². The summed E-state index contributed by atoms with van der Waals surface area (Å²) in [6.07, 6.45) is 7.21. The first-order chi connectivity index (χ1) is 10.3. The van der Waals surface area contributed by atoms with Crippen molar-refractivity contribution < 1.29 is 5.41 Å². The Labute approximate surface area is 124 Å².